The summed E-state index contributed by atoms with van der Waals surface area (Å²) in [6.45, 7) is 0.988. The molecule has 0 aliphatic carbocycles. The van der Waals surface area contributed by atoms with Crippen LogP contribution < -0.4 is 4.74 Å². The molecule has 0 bridgehead atoms. The fourth-order valence-corrected chi connectivity index (χ4v) is 9.44. The number of hydrogen-bond acceptors (Lipinski definition) is 6. The third-order valence-electron chi connectivity index (χ3n) is 7.89. The Bertz CT molecular complexity index is 2300. The lowest BCUT2D eigenvalue weighted by Gasteiger charge is -2.26. The maximum atomic E-state index is 14.3. The van der Waals surface area contributed by atoms with Crippen molar-refractivity contribution < 1.29 is 35.5 Å². The minimum Gasteiger partial charge on any atom is -0.505 e. The normalized spacial score (nSPS) is 12.7. The van der Waals surface area contributed by atoms with Gasteiger partial charge in [-0.25, -0.2) is 25.6 Å². The molecule has 0 heterocycles. The van der Waals surface area contributed by atoms with Crippen LogP contribution in [0.2, 0.25) is 15.1 Å². The number of ether oxygens (including phenoxy) is 1. The Morgan fingerprint density at radius 3 is 1.87 bits per heavy atom. The molecule has 0 radical (unpaired) electrons. The number of aromatic hydroxyl groups is 1. The van der Waals surface area contributed by atoms with Gasteiger partial charge in [-0.1, -0.05) is 66.0 Å². The van der Waals surface area contributed by atoms with E-state index in [1.54, 1.807) is 31.2 Å². The smallest absolute Gasteiger partial charge is 0.247 e. The number of halogens is 6. The summed E-state index contributed by atoms with van der Waals surface area (Å²) in [6, 6.07) is 23.2. The maximum Gasteiger partial charge on any atom is 0.247 e. The molecule has 8 nitrogen and oxygen atoms in total. The first-order valence-corrected chi connectivity index (χ1v) is 20.4. The van der Waals surface area contributed by atoms with Crippen LogP contribution >= 0.6 is 46.4 Å². The van der Waals surface area contributed by atoms with Crippen LogP contribution in [0.5, 0.6) is 17.2 Å². The molecule has 0 aliphatic rings. The first-order chi connectivity index (χ1) is 25.0. The molecule has 53 heavy (non-hydrogen) atoms. The summed E-state index contributed by atoms with van der Waals surface area (Å²) in [4.78, 5) is -0.604. The van der Waals surface area contributed by atoms with Gasteiger partial charge in [-0.15, -0.1) is 11.6 Å². The Morgan fingerprint density at radius 1 is 0.679 bits per heavy atom. The third kappa shape index (κ3) is 10.4. The van der Waals surface area contributed by atoms with Gasteiger partial charge in [0.1, 0.15) is 28.0 Å². The first-order valence-electron chi connectivity index (χ1n) is 15.9. The molecule has 0 fully saturated rings. The average molecular weight is 845 g/mol. The summed E-state index contributed by atoms with van der Waals surface area (Å²) < 4.78 is 92.5. The molecule has 1 N–H and O–H groups in total. The van der Waals surface area contributed by atoms with Crippen molar-refractivity contribution in [1.82, 2.24) is 8.61 Å². The Morgan fingerprint density at radius 2 is 1.26 bits per heavy atom. The molecule has 0 saturated heterocycles. The van der Waals surface area contributed by atoms with E-state index in [1.807, 2.05) is 0 Å². The molecule has 1 unspecified atom stereocenters. The van der Waals surface area contributed by atoms with Crippen molar-refractivity contribution in [3.63, 3.8) is 0 Å². The van der Waals surface area contributed by atoms with Crippen LogP contribution in [-0.2, 0) is 39.7 Å². The van der Waals surface area contributed by atoms with Gasteiger partial charge in [0.2, 0.25) is 20.0 Å². The lowest BCUT2D eigenvalue weighted by Crippen LogP contribution is -2.35. The highest BCUT2D eigenvalue weighted by molar-refractivity contribution is 7.89. The molecule has 0 aromatic heterocycles. The summed E-state index contributed by atoms with van der Waals surface area (Å²) >= 11 is 24.5. The highest BCUT2D eigenvalue weighted by Crippen LogP contribution is 2.37. The first kappa shape index (κ1) is 40.7. The molecule has 280 valence electrons. The van der Waals surface area contributed by atoms with Crippen molar-refractivity contribution in [3.05, 3.63) is 147 Å². The molecule has 0 aliphatic heterocycles. The number of rotatable bonds is 15. The summed E-state index contributed by atoms with van der Waals surface area (Å²) in [5.41, 5.74) is 1.15. The van der Waals surface area contributed by atoms with Gasteiger partial charge in [-0.2, -0.15) is 8.61 Å². The van der Waals surface area contributed by atoms with Crippen LogP contribution in [0, 0.1) is 17.6 Å². The average Bonchev–Trinajstić information content (AvgIpc) is 3.11. The van der Waals surface area contributed by atoms with E-state index < -0.39 is 42.3 Å². The lowest BCUT2D eigenvalue weighted by atomic mass is 10.1. The van der Waals surface area contributed by atoms with Gasteiger partial charge < -0.3 is 9.84 Å². The van der Waals surface area contributed by atoms with Crippen LogP contribution in [0.25, 0.3) is 0 Å². The second kappa shape index (κ2) is 17.3. The van der Waals surface area contributed by atoms with Crippen molar-refractivity contribution >= 4 is 66.5 Å². The van der Waals surface area contributed by atoms with E-state index in [4.69, 9.17) is 51.1 Å². The number of alkyl halides is 1. The van der Waals surface area contributed by atoms with E-state index in [2.05, 4.69) is 0 Å². The molecular weight excluding hydrogens is 812 g/mol. The fourth-order valence-electron chi connectivity index (χ4n) is 5.33. The third-order valence-corrected chi connectivity index (χ3v) is 12.8. The van der Waals surface area contributed by atoms with Crippen molar-refractivity contribution in [2.45, 2.75) is 36.3 Å². The van der Waals surface area contributed by atoms with Crippen LogP contribution in [0.4, 0.5) is 8.78 Å². The molecule has 0 spiro atoms. The number of sulfonamides is 2. The number of phenols is 1. The van der Waals surface area contributed by atoms with Crippen molar-refractivity contribution in [3.8, 4) is 17.2 Å². The van der Waals surface area contributed by atoms with Gasteiger partial charge in [0.25, 0.3) is 0 Å². The van der Waals surface area contributed by atoms with Crippen LogP contribution in [0.3, 0.4) is 0 Å². The Hall–Kier alpha value is -3.46. The minimum atomic E-state index is -4.57. The second-order valence-corrected chi connectivity index (χ2v) is 17.6. The highest BCUT2D eigenvalue weighted by Gasteiger charge is 2.31. The van der Waals surface area contributed by atoms with E-state index in [1.165, 1.54) is 77.1 Å². The number of nitrogens with zero attached hydrogens (tertiary/aromatic N) is 2. The lowest BCUT2D eigenvalue weighted by molar-refractivity contribution is 0.362. The van der Waals surface area contributed by atoms with Crippen LogP contribution in [-0.4, -0.2) is 43.0 Å². The van der Waals surface area contributed by atoms with Crippen molar-refractivity contribution in [1.29, 1.82) is 0 Å². The molecule has 0 saturated carbocycles. The van der Waals surface area contributed by atoms with Gasteiger partial charge in [0.05, 0.1) is 9.92 Å². The van der Waals surface area contributed by atoms with E-state index >= 15 is 0 Å². The van der Waals surface area contributed by atoms with Gasteiger partial charge in [0, 0.05) is 42.1 Å². The van der Waals surface area contributed by atoms with E-state index in [0.717, 1.165) is 10.4 Å². The molecule has 5 rings (SSSR count). The van der Waals surface area contributed by atoms with Gasteiger partial charge >= 0.3 is 0 Å². The van der Waals surface area contributed by atoms with Crippen molar-refractivity contribution in [2.75, 3.05) is 12.4 Å². The zero-order chi connectivity index (χ0) is 38.5. The van der Waals surface area contributed by atoms with Gasteiger partial charge in [0.15, 0.2) is 5.75 Å². The van der Waals surface area contributed by atoms with Crippen LogP contribution in [0.15, 0.2) is 113 Å². The summed E-state index contributed by atoms with van der Waals surface area (Å²) in [5.74, 6) is -1.41. The zero-order valence-electron chi connectivity index (χ0n) is 27.9. The Balaban J connectivity index is 1.62. The standard InChI is InChI=1S/C37H32Cl4F2N2O6S2/c1-24(19-38)20-44(52(47,48)34-4-2-3-28(39)16-34)22-26-13-27(15-33(14-26)51-32-11-9-31(43)10-12-32)23-45(21-25-5-7-30(42)8-6-25)53(49,50)36-18-29(40)17-35(41)37(36)46/h2-18,24,46H,19-23H2,1H3. The minimum absolute atomic E-state index is 0.0244. The van der Waals surface area contributed by atoms with E-state index in [-0.39, 0.29) is 69.4 Å². The molecule has 1 atom stereocenters. The number of phenolic OH excluding ortho intramolecular Hbond substituents is 1. The predicted molar refractivity (Wildman–Crippen MR) is 203 cm³/mol. The van der Waals surface area contributed by atoms with Crippen molar-refractivity contribution in [2.24, 2.45) is 5.92 Å². The summed E-state index contributed by atoms with van der Waals surface area (Å²) in [5, 5.41) is 10.6. The summed E-state index contributed by atoms with van der Waals surface area (Å²) in [6.07, 6.45) is 0. The van der Waals surface area contributed by atoms with Gasteiger partial charge in [-0.3, -0.25) is 0 Å². The fraction of sp³-hybridized carbons (Fsp3) is 0.189. The number of hydrogen-bond donors (Lipinski definition) is 1. The largest absolute Gasteiger partial charge is 0.505 e. The highest BCUT2D eigenvalue weighted by atomic mass is 35.5. The van der Waals surface area contributed by atoms with E-state index in [0.29, 0.717) is 16.7 Å². The second-order valence-electron chi connectivity index (χ2n) is 12.2. The molecule has 0 amide bonds. The topological polar surface area (TPSA) is 104 Å². The Labute approximate surface area is 327 Å². The summed E-state index contributed by atoms with van der Waals surface area (Å²) in [7, 11) is -8.71. The molecule has 5 aromatic rings. The zero-order valence-corrected chi connectivity index (χ0v) is 32.6. The van der Waals surface area contributed by atoms with E-state index in [9.17, 15) is 30.7 Å². The molecule has 5 aromatic carbocycles. The molecular formula is C37H32Cl4F2N2O6S2. The maximum absolute atomic E-state index is 14.3. The predicted octanol–water partition coefficient (Wildman–Crippen LogP) is 9.88. The Kier molecular flexibility index (Phi) is 13.3. The van der Waals surface area contributed by atoms with Gasteiger partial charge in [-0.05, 0) is 101 Å². The van der Waals surface area contributed by atoms with Crippen LogP contribution in [0.1, 0.15) is 23.6 Å². The number of benzene rings is 5. The quantitative estimate of drug-likeness (QED) is 0.105. The SMILES string of the molecule is CC(CCl)CN(Cc1cc(CN(Cc2ccc(F)cc2)S(=O)(=O)c2cc(Cl)cc(Cl)c2O)cc(Oc2ccc(F)cc2)c1)S(=O)(=O)c1cccc(Cl)c1. The molecule has 16 heteroatoms. The monoisotopic (exact) mass is 842 g/mol.